The van der Waals surface area contributed by atoms with Gasteiger partial charge in [-0.15, -0.1) is 0 Å². The minimum absolute atomic E-state index is 0.0160. The van der Waals surface area contributed by atoms with Gasteiger partial charge in [-0.05, 0) is 130 Å². The second kappa shape index (κ2) is 12.9. The number of ether oxygens (including phenoxy) is 1. The molecule has 2 N–H and O–H groups in total. The summed E-state index contributed by atoms with van der Waals surface area (Å²) < 4.78 is 5.82. The van der Waals surface area contributed by atoms with Crippen LogP contribution in [0, 0.1) is 57.2 Å². The summed E-state index contributed by atoms with van der Waals surface area (Å²) in [5, 5.41) is 20.5. The molecule has 0 aromatic rings. The third-order valence-corrected chi connectivity index (χ3v) is 16.8. The van der Waals surface area contributed by atoms with Gasteiger partial charge in [0.25, 0.3) is 0 Å². The normalized spacial score (nSPS) is 45.8. The van der Waals surface area contributed by atoms with E-state index in [-0.39, 0.29) is 64.1 Å². The van der Waals surface area contributed by atoms with E-state index in [0.29, 0.717) is 43.4 Å². The number of carbonyl (C=O) groups excluding carboxylic acids is 6. The third-order valence-electron chi connectivity index (χ3n) is 16.8. The van der Waals surface area contributed by atoms with E-state index in [1.54, 1.807) is 19.1 Å². The van der Waals surface area contributed by atoms with Crippen molar-refractivity contribution in [2.75, 3.05) is 6.61 Å². The molecular weight excluding hydrogens is 684 g/mol. The van der Waals surface area contributed by atoms with Gasteiger partial charge in [-0.2, -0.15) is 0 Å². The molecule has 0 spiro atoms. The van der Waals surface area contributed by atoms with E-state index in [2.05, 4.69) is 26.8 Å². The molecule has 9 heteroatoms. The molecule has 0 bridgehead atoms. The van der Waals surface area contributed by atoms with Crippen molar-refractivity contribution >= 4 is 34.9 Å². The molecule has 0 radical (unpaired) electrons. The van der Waals surface area contributed by atoms with Crippen molar-refractivity contribution in [2.45, 2.75) is 130 Å². The van der Waals surface area contributed by atoms with E-state index in [9.17, 15) is 39.0 Å². The lowest BCUT2D eigenvalue weighted by Gasteiger charge is -2.58. The lowest BCUT2D eigenvalue weighted by molar-refractivity contribution is -0.185. The van der Waals surface area contributed by atoms with Crippen molar-refractivity contribution in [3.63, 3.8) is 0 Å². The standard InChI is InChI=1S/C24H32O4.C21H26O5/c1-14-12-18-19(22(4)9-6-17(27)13-21(14)22)7-10-23(5)20(18)8-11-24(23,15(2)25)28-16(3)26;1-19-7-5-13(23)9-12(19)3-4-14-15-6-8-21(26,17(25)11-22)20(15,2)10-16(24)18(14)19/h12-13,18-20H,6-11H2,1-5H3;5,7,9,14-15,18,22,26H,3-4,6,8,10-11H2,1-2H3/t18-,19+,20+,22-,23+,24+;14-,15-,18+,19-,20-,21-/m10/s1. The number of allylic oxidation sites excluding steroid dienone is 8. The topological polar surface area (TPSA) is 152 Å². The number of carbonyl (C=O) groups is 6. The van der Waals surface area contributed by atoms with Gasteiger partial charge >= 0.3 is 5.97 Å². The highest BCUT2D eigenvalue weighted by Gasteiger charge is 2.69. The number of hydrogen-bond donors (Lipinski definition) is 2. The van der Waals surface area contributed by atoms with Gasteiger partial charge in [0.05, 0.1) is 0 Å². The Labute approximate surface area is 319 Å². The summed E-state index contributed by atoms with van der Waals surface area (Å²) in [6.07, 6.45) is 17.0. The number of fused-ring (bicyclic) bond motifs is 10. The zero-order valence-electron chi connectivity index (χ0n) is 33.1. The van der Waals surface area contributed by atoms with Crippen LogP contribution < -0.4 is 0 Å². The molecule has 0 amide bonds. The minimum atomic E-state index is -1.62. The fraction of sp³-hybridized carbons (Fsp3) is 0.689. The average Bonchev–Trinajstić information content (AvgIpc) is 3.56. The Morgan fingerprint density at radius 1 is 0.852 bits per heavy atom. The van der Waals surface area contributed by atoms with E-state index in [4.69, 9.17) is 4.74 Å². The maximum Gasteiger partial charge on any atom is 0.303 e. The number of ketones is 5. The molecule has 8 rings (SSSR count). The van der Waals surface area contributed by atoms with Crippen molar-refractivity contribution in [1.29, 1.82) is 0 Å². The summed E-state index contributed by atoms with van der Waals surface area (Å²) in [6.45, 7) is 12.8. The molecule has 0 unspecified atom stereocenters. The molecule has 0 aromatic carbocycles. The van der Waals surface area contributed by atoms with Crippen LogP contribution in [0.5, 0.6) is 0 Å². The van der Waals surface area contributed by atoms with Crippen LogP contribution in [0.1, 0.15) is 119 Å². The van der Waals surface area contributed by atoms with Crippen LogP contribution in [-0.2, 0) is 33.5 Å². The van der Waals surface area contributed by atoms with E-state index < -0.39 is 34.4 Å². The molecule has 0 saturated heterocycles. The van der Waals surface area contributed by atoms with Crippen LogP contribution in [-0.4, -0.2) is 62.9 Å². The Hall–Kier alpha value is -3.30. The Morgan fingerprint density at radius 3 is 2.20 bits per heavy atom. The molecular formula is C45H58O9. The van der Waals surface area contributed by atoms with Gasteiger partial charge < -0.3 is 14.9 Å². The second-order valence-electron chi connectivity index (χ2n) is 19.1. The van der Waals surface area contributed by atoms with E-state index in [1.165, 1.54) is 18.1 Å². The predicted octanol–water partition coefficient (Wildman–Crippen LogP) is 6.34. The number of hydrogen-bond acceptors (Lipinski definition) is 9. The molecule has 12 atom stereocenters. The Morgan fingerprint density at radius 2 is 1.54 bits per heavy atom. The van der Waals surface area contributed by atoms with Gasteiger partial charge in [0.15, 0.2) is 28.7 Å². The smallest absolute Gasteiger partial charge is 0.303 e. The van der Waals surface area contributed by atoms with Crippen molar-refractivity contribution in [3.8, 4) is 0 Å². The Kier molecular flexibility index (Phi) is 9.28. The quantitative estimate of drug-likeness (QED) is 0.315. The summed E-state index contributed by atoms with van der Waals surface area (Å²) in [6, 6.07) is 0. The van der Waals surface area contributed by atoms with Gasteiger partial charge in [-0.3, -0.25) is 28.8 Å². The highest BCUT2D eigenvalue weighted by atomic mass is 16.6. The first-order valence-corrected chi connectivity index (χ1v) is 20.2. The fourth-order valence-electron chi connectivity index (χ4n) is 14.1. The van der Waals surface area contributed by atoms with Crippen LogP contribution in [0.3, 0.4) is 0 Å². The van der Waals surface area contributed by atoms with Gasteiger partial charge in [0.2, 0.25) is 0 Å². The molecule has 5 saturated carbocycles. The molecule has 0 aromatic heterocycles. The average molecular weight is 743 g/mol. The summed E-state index contributed by atoms with van der Waals surface area (Å²) >= 11 is 0. The van der Waals surface area contributed by atoms with Crippen molar-refractivity contribution < 1.29 is 43.7 Å². The molecule has 8 aliphatic carbocycles. The number of esters is 1. The maximum absolute atomic E-state index is 13.3. The lowest BCUT2D eigenvalue weighted by Crippen LogP contribution is -2.60. The molecule has 9 nitrogen and oxygen atoms in total. The fourth-order valence-corrected chi connectivity index (χ4v) is 14.1. The molecule has 5 fully saturated rings. The second-order valence-corrected chi connectivity index (χ2v) is 19.1. The summed E-state index contributed by atoms with van der Waals surface area (Å²) in [7, 11) is 0. The van der Waals surface area contributed by atoms with E-state index in [0.717, 1.165) is 44.1 Å². The number of Topliss-reactive ketones (excluding diaryl/α,β-unsaturated/α-hetero) is 3. The molecule has 0 heterocycles. The molecule has 8 aliphatic rings. The van der Waals surface area contributed by atoms with Crippen LogP contribution in [0.4, 0.5) is 0 Å². The number of aliphatic hydroxyl groups is 2. The van der Waals surface area contributed by atoms with Crippen LogP contribution in [0.25, 0.3) is 0 Å². The predicted molar refractivity (Wildman–Crippen MR) is 200 cm³/mol. The zero-order chi connectivity index (χ0) is 39.4. The SMILES string of the molecule is CC(=O)O[C@]1(C(C)=O)CC[C@H]2[C@@H]3C=C(C)C4=CC(=O)CC[C@]4(C)[C@H]3CC[C@@]21C.C[C@]12C=CC(=O)C=C1CC[C@@H]1[C@@H]2C(=O)C[C@@]2(C)[C@H]1CC[C@]2(O)C(=O)CO. The zero-order valence-corrected chi connectivity index (χ0v) is 33.1. The monoisotopic (exact) mass is 742 g/mol. The molecule has 0 aliphatic heterocycles. The lowest BCUT2D eigenvalue weighted by atomic mass is 9.46. The van der Waals surface area contributed by atoms with Gasteiger partial charge in [0, 0.05) is 41.9 Å². The Balaban J connectivity index is 0.000000167. The van der Waals surface area contributed by atoms with Crippen LogP contribution in [0.2, 0.25) is 0 Å². The van der Waals surface area contributed by atoms with Crippen molar-refractivity contribution in [1.82, 2.24) is 0 Å². The number of rotatable bonds is 4. The van der Waals surface area contributed by atoms with Gasteiger partial charge in [-0.25, -0.2) is 0 Å². The number of aliphatic hydroxyl groups excluding tert-OH is 1. The first-order chi connectivity index (χ1) is 25.2. The van der Waals surface area contributed by atoms with Crippen LogP contribution >= 0.6 is 0 Å². The largest absolute Gasteiger partial charge is 0.451 e. The molecule has 292 valence electrons. The maximum atomic E-state index is 13.3. The summed E-state index contributed by atoms with van der Waals surface area (Å²) in [5.41, 5.74) is -0.709. The first kappa shape index (κ1) is 39.0. The molecule has 54 heavy (non-hydrogen) atoms. The third kappa shape index (κ3) is 5.22. The van der Waals surface area contributed by atoms with Gasteiger partial charge in [0.1, 0.15) is 18.0 Å². The summed E-state index contributed by atoms with van der Waals surface area (Å²) in [5.74, 6) is 0.438. The highest BCUT2D eigenvalue weighted by Crippen LogP contribution is 2.69. The minimum Gasteiger partial charge on any atom is -0.451 e. The van der Waals surface area contributed by atoms with Gasteiger partial charge in [-0.1, -0.05) is 51.0 Å². The van der Waals surface area contributed by atoms with Crippen LogP contribution in [0.15, 0.2) is 47.1 Å². The highest BCUT2D eigenvalue weighted by molar-refractivity contribution is 6.02. The summed E-state index contributed by atoms with van der Waals surface area (Å²) in [4.78, 5) is 74.1. The van der Waals surface area contributed by atoms with E-state index in [1.807, 2.05) is 26.0 Å². The van der Waals surface area contributed by atoms with E-state index >= 15 is 0 Å². The van der Waals surface area contributed by atoms with Crippen molar-refractivity contribution in [2.24, 2.45) is 57.2 Å². The first-order valence-electron chi connectivity index (χ1n) is 20.2. The Bertz CT molecular complexity index is 1850. The van der Waals surface area contributed by atoms with Crippen molar-refractivity contribution in [3.05, 3.63) is 47.1 Å².